The number of imidazole rings is 1. The van der Waals surface area contributed by atoms with Gasteiger partial charge in [0, 0.05) is 24.1 Å². The maximum Gasteiger partial charge on any atom is 0.233 e. The zero-order valence-electron chi connectivity index (χ0n) is 12.3. The van der Waals surface area contributed by atoms with Crippen molar-refractivity contribution >= 4 is 17.5 Å². The molecule has 1 heterocycles. The molecule has 1 aromatic carbocycles. The van der Waals surface area contributed by atoms with Crippen LogP contribution in [0.25, 0.3) is 5.69 Å². The van der Waals surface area contributed by atoms with E-state index in [0.717, 1.165) is 17.1 Å². The van der Waals surface area contributed by atoms with Gasteiger partial charge in [0.2, 0.25) is 11.8 Å². The summed E-state index contributed by atoms with van der Waals surface area (Å²) in [7, 11) is 1.50. The molecular weight excluding hydrogens is 268 g/mol. The standard InChI is InChI=1S/C15H18N4O2/c1-10-11(2)19(9-17-10)13-6-4-12(5-7-13)18-15(21)8-14(20)16-3/h4-7,9H,8H2,1-3H3,(H,16,20)(H,18,21). The molecule has 0 aliphatic carbocycles. The Hall–Kier alpha value is -2.63. The van der Waals surface area contributed by atoms with E-state index >= 15 is 0 Å². The zero-order chi connectivity index (χ0) is 15.4. The summed E-state index contributed by atoms with van der Waals surface area (Å²) in [6.45, 7) is 3.96. The summed E-state index contributed by atoms with van der Waals surface area (Å²) in [4.78, 5) is 27.0. The topological polar surface area (TPSA) is 76.0 Å². The smallest absolute Gasteiger partial charge is 0.233 e. The Morgan fingerprint density at radius 3 is 2.33 bits per heavy atom. The molecule has 0 aliphatic rings. The summed E-state index contributed by atoms with van der Waals surface area (Å²) in [6.07, 6.45) is 1.59. The Bertz CT molecular complexity index is 659. The van der Waals surface area contributed by atoms with Crippen molar-refractivity contribution in [2.24, 2.45) is 0 Å². The molecule has 0 saturated heterocycles. The lowest BCUT2D eigenvalue weighted by atomic mass is 10.2. The van der Waals surface area contributed by atoms with E-state index in [4.69, 9.17) is 0 Å². The largest absolute Gasteiger partial charge is 0.359 e. The normalized spacial score (nSPS) is 10.2. The molecule has 6 heteroatoms. The third-order valence-electron chi connectivity index (χ3n) is 3.28. The highest BCUT2D eigenvalue weighted by Crippen LogP contribution is 2.16. The number of benzene rings is 1. The van der Waals surface area contributed by atoms with Crippen LogP contribution >= 0.6 is 0 Å². The molecule has 0 fully saturated rings. The molecule has 2 rings (SSSR count). The van der Waals surface area contributed by atoms with Gasteiger partial charge in [0.05, 0.1) is 12.0 Å². The van der Waals surface area contributed by atoms with E-state index in [-0.39, 0.29) is 18.2 Å². The molecule has 2 amide bonds. The number of nitrogens with zero attached hydrogens (tertiary/aromatic N) is 2. The Labute approximate surface area is 123 Å². The van der Waals surface area contributed by atoms with Crippen LogP contribution in [0, 0.1) is 13.8 Å². The van der Waals surface area contributed by atoms with Crippen LogP contribution < -0.4 is 10.6 Å². The number of rotatable bonds is 4. The predicted molar refractivity (Wildman–Crippen MR) is 80.4 cm³/mol. The molecule has 110 valence electrons. The average Bonchev–Trinajstić information content (AvgIpc) is 2.80. The molecule has 6 nitrogen and oxygen atoms in total. The van der Waals surface area contributed by atoms with E-state index < -0.39 is 0 Å². The van der Waals surface area contributed by atoms with Crippen molar-refractivity contribution in [3.8, 4) is 5.69 Å². The van der Waals surface area contributed by atoms with Gasteiger partial charge >= 0.3 is 0 Å². The summed E-state index contributed by atoms with van der Waals surface area (Å²) in [5.74, 6) is -0.648. The minimum Gasteiger partial charge on any atom is -0.359 e. The van der Waals surface area contributed by atoms with Crippen LogP contribution in [0.1, 0.15) is 17.8 Å². The average molecular weight is 286 g/mol. The second kappa shape index (κ2) is 6.21. The van der Waals surface area contributed by atoms with Crippen LogP contribution in [0.15, 0.2) is 30.6 Å². The van der Waals surface area contributed by atoms with Gasteiger partial charge in [-0.05, 0) is 38.1 Å². The first-order valence-electron chi connectivity index (χ1n) is 6.62. The number of anilines is 1. The van der Waals surface area contributed by atoms with Crippen molar-refractivity contribution in [2.75, 3.05) is 12.4 Å². The summed E-state index contributed by atoms with van der Waals surface area (Å²) >= 11 is 0. The van der Waals surface area contributed by atoms with E-state index in [1.54, 1.807) is 18.5 Å². The molecular formula is C15H18N4O2. The third kappa shape index (κ3) is 3.47. The van der Waals surface area contributed by atoms with Gasteiger partial charge in [0.1, 0.15) is 6.42 Å². The van der Waals surface area contributed by atoms with Gasteiger partial charge in [-0.3, -0.25) is 9.59 Å². The van der Waals surface area contributed by atoms with Gasteiger partial charge in [0.15, 0.2) is 0 Å². The number of carbonyl (C=O) groups excluding carboxylic acids is 2. The van der Waals surface area contributed by atoms with Crippen LogP contribution in [0.4, 0.5) is 5.69 Å². The van der Waals surface area contributed by atoms with Gasteiger partial charge in [0.25, 0.3) is 0 Å². The number of aromatic nitrogens is 2. The molecule has 2 N–H and O–H groups in total. The summed E-state index contributed by atoms with van der Waals surface area (Å²) in [5.41, 5.74) is 3.68. The molecule has 1 aromatic heterocycles. The maximum atomic E-state index is 11.6. The molecule has 0 spiro atoms. The molecule has 0 bridgehead atoms. The Morgan fingerprint density at radius 1 is 1.14 bits per heavy atom. The molecule has 0 saturated carbocycles. The Kier molecular flexibility index (Phi) is 4.37. The Balaban J connectivity index is 2.07. The molecule has 0 aliphatic heterocycles. The maximum absolute atomic E-state index is 11.6. The van der Waals surface area contributed by atoms with Gasteiger partial charge in [-0.2, -0.15) is 0 Å². The molecule has 21 heavy (non-hydrogen) atoms. The lowest BCUT2D eigenvalue weighted by Crippen LogP contribution is -2.24. The van der Waals surface area contributed by atoms with E-state index in [9.17, 15) is 9.59 Å². The molecule has 2 aromatic rings. The second-order valence-electron chi connectivity index (χ2n) is 4.73. The van der Waals surface area contributed by atoms with Gasteiger partial charge in [-0.15, -0.1) is 0 Å². The first kappa shape index (κ1) is 14.8. The van der Waals surface area contributed by atoms with Crippen molar-refractivity contribution in [2.45, 2.75) is 20.3 Å². The first-order valence-corrected chi connectivity index (χ1v) is 6.62. The number of hydrogen-bond donors (Lipinski definition) is 2. The summed E-state index contributed by atoms with van der Waals surface area (Å²) in [6, 6.07) is 7.38. The monoisotopic (exact) mass is 286 g/mol. The van der Waals surface area contributed by atoms with Crippen LogP contribution in [0.5, 0.6) is 0 Å². The molecule has 0 atom stereocenters. The van der Waals surface area contributed by atoms with Crippen molar-refractivity contribution in [3.05, 3.63) is 42.0 Å². The van der Waals surface area contributed by atoms with Crippen LogP contribution in [-0.4, -0.2) is 28.4 Å². The van der Waals surface area contributed by atoms with Crippen LogP contribution in [-0.2, 0) is 9.59 Å². The van der Waals surface area contributed by atoms with Crippen molar-refractivity contribution in [1.29, 1.82) is 0 Å². The SMILES string of the molecule is CNC(=O)CC(=O)Nc1ccc(-n2cnc(C)c2C)cc1. The first-order chi connectivity index (χ1) is 10.0. The van der Waals surface area contributed by atoms with Crippen molar-refractivity contribution in [3.63, 3.8) is 0 Å². The fourth-order valence-corrected chi connectivity index (χ4v) is 1.90. The zero-order valence-corrected chi connectivity index (χ0v) is 12.3. The lowest BCUT2D eigenvalue weighted by molar-refractivity contribution is -0.126. The fourth-order valence-electron chi connectivity index (χ4n) is 1.90. The number of aryl methyl sites for hydroxylation is 1. The third-order valence-corrected chi connectivity index (χ3v) is 3.28. The van der Waals surface area contributed by atoms with Gasteiger partial charge in [-0.1, -0.05) is 0 Å². The summed E-state index contributed by atoms with van der Waals surface area (Å²) in [5, 5.41) is 5.09. The van der Waals surface area contributed by atoms with Gasteiger partial charge in [-0.25, -0.2) is 4.98 Å². The van der Waals surface area contributed by atoms with Crippen LogP contribution in [0.3, 0.4) is 0 Å². The highest BCUT2D eigenvalue weighted by atomic mass is 16.2. The minimum atomic E-state index is -0.336. The molecule has 0 unspecified atom stereocenters. The fraction of sp³-hybridized carbons (Fsp3) is 0.267. The number of carbonyl (C=O) groups is 2. The Morgan fingerprint density at radius 2 is 1.81 bits per heavy atom. The molecule has 0 radical (unpaired) electrons. The number of nitrogens with one attached hydrogen (secondary N) is 2. The van der Waals surface area contributed by atoms with Crippen LogP contribution in [0.2, 0.25) is 0 Å². The number of hydrogen-bond acceptors (Lipinski definition) is 3. The lowest BCUT2D eigenvalue weighted by Gasteiger charge is -2.08. The van der Waals surface area contributed by atoms with Crippen molar-refractivity contribution < 1.29 is 9.59 Å². The van der Waals surface area contributed by atoms with E-state index in [0.29, 0.717) is 5.69 Å². The van der Waals surface area contributed by atoms with Crippen molar-refractivity contribution in [1.82, 2.24) is 14.9 Å². The second-order valence-corrected chi connectivity index (χ2v) is 4.73. The quantitative estimate of drug-likeness (QED) is 0.838. The minimum absolute atomic E-state index is 0.182. The highest BCUT2D eigenvalue weighted by molar-refractivity contribution is 6.03. The number of amides is 2. The van der Waals surface area contributed by atoms with E-state index in [1.807, 2.05) is 30.5 Å². The van der Waals surface area contributed by atoms with E-state index in [2.05, 4.69) is 15.6 Å². The van der Waals surface area contributed by atoms with Gasteiger partial charge < -0.3 is 15.2 Å². The predicted octanol–water partition coefficient (Wildman–Crippen LogP) is 1.56. The van der Waals surface area contributed by atoms with E-state index in [1.165, 1.54) is 7.05 Å². The highest BCUT2D eigenvalue weighted by Gasteiger charge is 2.08. The summed E-state index contributed by atoms with van der Waals surface area (Å²) < 4.78 is 1.98.